The van der Waals surface area contributed by atoms with Crippen molar-refractivity contribution >= 4 is 27.5 Å². The van der Waals surface area contributed by atoms with Crippen LogP contribution in [-0.2, 0) is 13.6 Å². The number of hydrogen-bond donors (Lipinski definition) is 0. The van der Waals surface area contributed by atoms with Gasteiger partial charge in [0.2, 0.25) is 0 Å². The minimum Gasteiger partial charge on any atom is -0.294 e. The average Bonchev–Trinajstić information content (AvgIpc) is 2.50. The van der Waals surface area contributed by atoms with Crippen LogP contribution in [-0.4, -0.2) is 33.1 Å². The third-order valence-corrected chi connectivity index (χ3v) is 5.08. The number of halogens is 2. The van der Waals surface area contributed by atoms with Gasteiger partial charge in [-0.05, 0) is 48.7 Å². The fraction of sp³-hybridized carbons (Fsp3) is 0.769. The summed E-state index contributed by atoms with van der Waals surface area (Å²) in [6.45, 7) is 4.10. The molecule has 1 aliphatic carbocycles. The lowest BCUT2D eigenvalue weighted by Crippen LogP contribution is -2.40. The van der Waals surface area contributed by atoms with Crippen molar-refractivity contribution in [1.29, 1.82) is 0 Å². The molecular weight excluding hydrogens is 314 g/mol. The molecule has 0 bridgehead atoms. The second-order valence-electron chi connectivity index (χ2n) is 5.07. The van der Waals surface area contributed by atoms with Crippen molar-refractivity contribution < 1.29 is 0 Å². The van der Waals surface area contributed by atoms with E-state index in [9.17, 15) is 0 Å². The van der Waals surface area contributed by atoms with Gasteiger partial charge >= 0.3 is 0 Å². The largest absolute Gasteiger partial charge is 0.294 e. The van der Waals surface area contributed by atoms with E-state index >= 15 is 0 Å². The Morgan fingerprint density at radius 2 is 2.22 bits per heavy atom. The Balaban J connectivity index is 2.07. The molecule has 1 aliphatic rings. The topological polar surface area (TPSA) is 21.1 Å². The molecule has 1 aromatic heterocycles. The van der Waals surface area contributed by atoms with Crippen LogP contribution in [0.4, 0.5) is 0 Å². The van der Waals surface area contributed by atoms with E-state index in [2.05, 4.69) is 25.9 Å². The number of alkyl halides is 1. The van der Waals surface area contributed by atoms with Gasteiger partial charge in [-0.3, -0.25) is 9.58 Å². The quantitative estimate of drug-likeness (QED) is 0.743. The number of hydrogen-bond acceptors (Lipinski definition) is 2. The van der Waals surface area contributed by atoms with Crippen LogP contribution >= 0.6 is 27.5 Å². The van der Waals surface area contributed by atoms with Crippen LogP contribution in [0.5, 0.6) is 0 Å². The molecule has 2 rings (SSSR count). The molecule has 0 unspecified atom stereocenters. The molecule has 1 saturated carbocycles. The Morgan fingerprint density at radius 1 is 1.50 bits per heavy atom. The zero-order valence-electron chi connectivity index (χ0n) is 11.1. The Bertz CT molecular complexity index is 401. The van der Waals surface area contributed by atoms with E-state index in [1.54, 1.807) is 0 Å². The van der Waals surface area contributed by atoms with Crippen LogP contribution in [0, 0.1) is 6.92 Å². The van der Waals surface area contributed by atoms with Crippen molar-refractivity contribution in [1.82, 2.24) is 14.7 Å². The standard InChI is InChI=1S/C13H21BrClN3/c1-10-13(14)12(17(2)16-10)9-18(8-4-7-15)11-5-3-6-11/h11H,3-9H2,1-2H3. The maximum absolute atomic E-state index is 5.83. The van der Waals surface area contributed by atoms with Gasteiger partial charge in [0.15, 0.2) is 0 Å². The fourth-order valence-electron chi connectivity index (χ4n) is 2.45. The smallest absolute Gasteiger partial charge is 0.0739 e. The number of rotatable bonds is 6. The van der Waals surface area contributed by atoms with Gasteiger partial charge in [-0.25, -0.2) is 0 Å². The molecule has 1 fully saturated rings. The van der Waals surface area contributed by atoms with Crippen molar-refractivity contribution in [3.63, 3.8) is 0 Å². The van der Waals surface area contributed by atoms with Crippen molar-refractivity contribution in [2.45, 2.75) is 45.2 Å². The third-order valence-electron chi connectivity index (χ3n) is 3.78. The summed E-state index contributed by atoms with van der Waals surface area (Å²) in [5.41, 5.74) is 2.34. The lowest BCUT2D eigenvalue weighted by atomic mass is 9.91. The van der Waals surface area contributed by atoms with E-state index in [-0.39, 0.29) is 0 Å². The lowest BCUT2D eigenvalue weighted by molar-refractivity contribution is 0.116. The van der Waals surface area contributed by atoms with Crippen molar-refractivity contribution in [3.8, 4) is 0 Å². The van der Waals surface area contributed by atoms with Crippen LogP contribution < -0.4 is 0 Å². The van der Waals surface area contributed by atoms with E-state index in [0.29, 0.717) is 0 Å². The molecule has 0 atom stereocenters. The van der Waals surface area contributed by atoms with Gasteiger partial charge in [-0.1, -0.05) is 6.42 Å². The van der Waals surface area contributed by atoms with Crippen molar-refractivity contribution in [2.24, 2.45) is 7.05 Å². The summed E-state index contributed by atoms with van der Waals surface area (Å²) < 4.78 is 3.14. The summed E-state index contributed by atoms with van der Waals surface area (Å²) in [7, 11) is 2.02. The molecule has 0 radical (unpaired) electrons. The summed E-state index contributed by atoms with van der Waals surface area (Å²) in [5.74, 6) is 0.745. The zero-order valence-corrected chi connectivity index (χ0v) is 13.5. The van der Waals surface area contributed by atoms with E-state index in [1.807, 2.05) is 18.7 Å². The van der Waals surface area contributed by atoms with Crippen LogP contribution in [0.3, 0.4) is 0 Å². The average molecular weight is 335 g/mol. The minimum absolute atomic E-state index is 0.745. The van der Waals surface area contributed by atoms with E-state index < -0.39 is 0 Å². The van der Waals surface area contributed by atoms with E-state index in [1.165, 1.54) is 25.0 Å². The van der Waals surface area contributed by atoms with Gasteiger partial charge in [0.1, 0.15) is 0 Å². The zero-order chi connectivity index (χ0) is 13.1. The Hall–Kier alpha value is -0.0600. The summed E-state index contributed by atoms with van der Waals surface area (Å²) in [5, 5.41) is 4.46. The van der Waals surface area contributed by atoms with Crippen LogP contribution in [0.2, 0.25) is 0 Å². The first kappa shape index (κ1) is 14.4. The first-order chi connectivity index (χ1) is 8.63. The van der Waals surface area contributed by atoms with Crippen LogP contribution in [0.1, 0.15) is 37.1 Å². The fourth-order valence-corrected chi connectivity index (χ4v) is 3.03. The molecule has 5 heteroatoms. The first-order valence-electron chi connectivity index (χ1n) is 6.61. The molecule has 1 aromatic rings. The summed E-state index contributed by atoms with van der Waals surface area (Å²) in [4.78, 5) is 2.56. The monoisotopic (exact) mass is 333 g/mol. The second-order valence-corrected chi connectivity index (χ2v) is 6.24. The predicted molar refractivity (Wildman–Crippen MR) is 79.0 cm³/mol. The maximum atomic E-state index is 5.83. The molecule has 102 valence electrons. The predicted octanol–water partition coefficient (Wildman–Crippen LogP) is 3.47. The van der Waals surface area contributed by atoms with Gasteiger partial charge in [0, 0.05) is 25.5 Å². The minimum atomic E-state index is 0.745. The molecule has 0 N–H and O–H groups in total. The Morgan fingerprint density at radius 3 is 2.67 bits per heavy atom. The molecule has 0 aromatic carbocycles. The molecule has 1 heterocycles. The number of aryl methyl sites for hydroxylation is 2. The second kappa shape index (κ2) is 6.40. The van der Waals surface area contributed by atoms with E-state index in [0.717, 1.165) is 41.6 Å². The molecule has 0 amide bonds. The van der Waals surface area contributed by atoms with Gasteiger partial charge in [0.25, 0.3) is 0 Å². The number of aromatic nitrogens is 2. The molecule has 0 spiro atoms. The Labute approximate surface area is 123 Å². The number of nitrogens with zero attached hydrogens (tertiary/aromatic N) is 3. The highest BCUT2D eigenvalue weighted by atomic mass is 79.9. The van der Waals surface area contributed by atoms with Crippen molar-refractivity contribution in [2.75, 3.05) is 12.4 Å². The highest BCUT2D eigenvalue weighted by Gasteiger charge is 2.26. The van der Waals surface area contributed by atoms with Crippen LogP contribution in [0.25, 0.3) is 0 Å². The highest BCUT2D eigenvalue weighted by molar-refractivity contribution is 9.10. The summed E-state index contributed by atoms with van der Waals surface area (Å²) >= 11 is 9.48. The van der Waals surface area contributed by atoms with Gasteiger partial charge in [0.05, 0.1) is 15.9 Å². The summed E-state index contributed by atoms with van der Waals surface area (Å²) in [6.07, 6.45) is 5.09. The van der Waals surface area contributed by atoms with E-state index in [4.69, 9.17) is 11.6 Å². The Kier molecular flexibility index (Phi) is 5.10. The molecule has 18 heavy (non-hydrogen) atoms. The highest BCUT2D eigenvalue weighted by Crippen LogP contribution is 2.29. The van der Waals surface area contributed by atoms with Crippen molar-refractivity contribution in [3.05, 3.63) is 15.9 Å². The molecule has 3 nitrogen and oxygen atoms in total. The normalized spacial score (nSPS) is 16.3. The molecule has 0 saturated heterocycles. The van der Waals surface area contributed by atoms with Crippen LogP contribution in [0.15, 0.2) is 4.47 Å². The van der Waals surface area contributed by atoms with Gasteiger partial charge in [-0.2, -0.15) is 5.10 Å². The molecular formula is C13H21BrClN3. The van der Waals surface area contributed by atoms with Gasteiger partial charge < -0.3 is 0 Å². The summed E-state index contributed by atoms with van der Waals surface area (Å²) in [6, 6.07) is 0.746. The SMILES string of the molecule is Cc1nn(C)c(CN(CCCCl)C2CCC2)c1Br. The first-order valence-corrected chi connectivity index (χ1v) is 7.94. The van der Waals surface area contributed by atoms with Gasteiger partial charge in [-0.15, -0.1) is 11.6 Å². The third kappa shape index (κ3) is 3.09. The molecule has 0 aliphatic heterocycles. The lowest BCUT2D eigenvalue weighted by Gasteiger charge is -2.37. The maximum Gasteiger partial charge on any atom is 0.0739 e.